The van der Waals surface area contributed by atoms with Crippen molar-refractivity contribution in [2.45, 2.75) is 182 Å². The fourth-order valence-electron chi connectivity index (χ4n) is 8.01. The molecule has 0 aromatic rings. The lowest BCUT2D eigenvalue weighted by Crippen LogP contribution is -2.44. The van der Waals surface area contributed by atoms with Crippen LogP contribution in [-0.2, 0) is 19.1 Å². The van der Waals surface area contributed by atoms with E-state index < -0.39 is 35.5 Å². The zero-order valence-electron chi connectivity index (χ0n) is 32.8. The summed E-state index contributed by atoms with van der Waals surface area (Å²) in [5.41, 5.74) is -1.01. The maximum absolute atomic E-state index is 12.8. The topological polar surface area (TPSA) is 157 Å². The van der Waals surface area contributed by atoms with E-state index in [0.717, 1.165) is 38.5 Å². The molecule has 0 bridgehead atoms. The number of aliphatic hydroxyl groups excluding tert-OH is 4. The van der Waals surface area contributed by atoms with Gasteiger partial charge < -0.3 is 39.8 Å². The van der Waals surface area contributed by atoms with Crippen molar-refractivity contribution in [3.63, 3.8) is 0 Å². The van der Waals surface area contributed by atoms with Crippen molar-refractivity contribution in [3.8, 4) is 0 Å². The lowest BCUT2D eigenvalue weighted by molar-refractivity contribution is -0.306. The molecule has 0 amide bonds. The van der Waals surface area contributed by atoms with Gasteiger partial charge in [0.2, 0.25) is 0 Å². The number of ether oxygens (including phenoxy) is 2. The molecule has 2 saturated heterocycles. The largest absolute Gasteiger partial charge is 0.550 e. The summed E-state index contributed by atoms with van der Waals surface area (Å²) in [6.45, 7) is 19.6. The highest BCUT2D eigenvalue weighted by Gasteiger charge is 2.51. The first-order valence-electron chi connectivity index (χ1n) is 19.4. The van der Waals surface area contributed by atoms with Crippen LogP contribution in [0.25, 0.3) is 0 Å². The van der Waals surface area contributed by atoms with Crippen LogP contribution in [0.3, 0.4) is 0 Å². The van der Waals surface area contributed by atoms with E-state index in [1.807, 2.05) is 47.6 Å². The van der Waals surface area contributed by atoms with E-state index in [2.05, 4.69) is 26.8 Å². The predicted octanol–water partition coefficient (Wildman–Crippen LogP) is 6.46. The number of aliphatic carboxylic acids is 1. The average molecular weight is 708 g/mol. The average Bonchev–Trinajstić information content (AvgIpc) is 3.63. The Hall–Kier alpha value is -1.78. The van der Waals surface area contributed by atoms with Crippen molar-refractivity contribution in [1.82, 2.24) is 0 Å². The molecule has 2 aliphatic heterocycles. The summed E-state index contributed by atoms with van der Waals surface area (Å²) >= 11 is 0. The number of allylic oxidation sites excluding steroid dienone is 3. The van der Waals surface area contributed by atoms with Crippen molar-refractivity contribution in [3.05, 3.63) is 24.0 Å². The van der Waals surface area contributed by atoms with Gasteiger partial charge in [-0.05, 0) is 109 Å². The highest BCUT2D eigenvalue weighted by molar-refractivity contribution is 5.91. The number of rotatable bonds is 22. The summed E-state index contributed by atoms with van der Waals surface area (Å²) in [6, 6.07) is 0. The summed E-state index contributed by atoms with van der Waals surface area (Å²) in [4.78, 5) is 23.5. The van der Waals surface area contributed by atoms with E-state index in [9.17, 15) is 35.1 Å². The van der Waals surface area contributed by atoms with Gasteiger partial charge in [0.1, 0.15) is 0 Å². The second kappa shape index (κ2) is 19.9. The quantitative estimate of drug-likeness (QED) is 0.0563. The van der Waals surface area contributed by atoms with Crippen molar-refractivity contribution in [1.29, 1.82) is 0 Å². The van der Waals surface area contributed by atoms with Gasteiger partial charge in [-0.3, -0.25) is 4.79 Å². The van der Waals surface area contributed by atoms with Gasteiger partial charge in [0.25, 0.3) is 0 Å². The summed E-state index contributed by atoms with van der Waals surface area (Å²) in [6.07, 6.45) is 10.6. The van der Waals surface area contributed by atoms with E-state index >= 15 is 0 Å². The molecule has 9 heteroatoms. The molecular formula is C41H71O9-. The van der Waals surface area contributed by atoms with Gasteiger partial charge in [-0.1, -0.05) is 60.6 Å². The standard InChI is InChI=1S/C41H72O9/c1-25(21-29(5)34(43)24-35(44)30(6)22-27(3)20-26(2)14-15-38(46)47)12-11-13-28(4)39(48)31(7)36(45)23-33-16-18-41(10,49-33)37-17-19-40(9,50-37)32(8)42/h11,13,24-33,36-37,39,42-43,45,48H,12,14-23H2,1-10H3,(H,46,47)/p-1/b13-11+,34-24-/t25-,26-,27+,28-,29-,30+,31+,32-,33+,36+,37-,39-,40+,41+/m1/s1. The lowest BCUT2D eigenvalue weighted by atomic mass is 9.85. The Morgan fingerprint density at radius 2 is 1.50 bits per heavy atom. The number of hydrogen-bond donors (Lipinski definition) is 4. The Labute approximate surface area is 302 Å². The van der Waals surface area contributed by atoms with Crippen LogP contribution < -0.4 is 5.11 Å². The van der Waals surface area contributed by atoms with Gasteiger partial charge in [-0.2, -0.15) is 0 Å². The van der Waals surface area contributed by atoms with E-state index in [1.165, 1.54) is 6.08 Å². The van der Waals surface area contributed by atoms with Crippen molar-refractivity contribution >= 4 is 11.8 Å². The maximum Gasteiger partial charge on any atom is 0.161 e. The van der Waals surface area contributed by atoms with Crippen LogP contribution in [0.1, 0.15) is 140 Å². The molecule has 0 radical (unpaired) electrons. The molecule has 290 valence electrons. The van der Waals surface area contributed by atoms with Crippen LogP contribution in [0.5, 0.6) is 0 Å². The van der Waals surface area contributed by atoms with E-state index in [0.29, 0.717) is 25.7 Å². The van der Waals surface area contributed by atoms with Crippen molar-refractivity contribution < 1.29 is 44.6 Å². The smallest absolute Gasteiger partial charge is 0.161 e. The Balaban J connectivity index is 1.77. The highest BCUT2D eigenvalue weighted by Crippen LogP contribution is 2.45. The normalized spacial score (nSPS) is 30.7. The second-order valence-electron chi connectivity index (χ2n) is 17.1. The highest BCUT2D eigenvalue weighted by atomic mass is 16.6. The summed E-state index contributed by atoms with van der Waals surface area (Å²) in [5, 5.41) is 53.7. The third-order valence-electron chi connectivity index (χ3n) is 11.9. The van der Waals surface area contributed by atoms with Crippen molar-refractivity contribution in [2.24, 2.45) is 41.4 Å². The molecule has 4 N–H and O–H groups in total. The third kappa shape index (κ3) is 13.6. The molecule has 0 spiro atoms. The van der Waals surface area contributed by atoms with E-state index in [1.54, 1.807) is 6.92 Å². The minimum absolute atomic E-state index is 0.0524. The fraction of sp³-hybridized carbons (Fsp3) is 0.854. The Bertz CT molecular complexity index is 1120. The third-order valence-corrected chi connectivity index (χ3v) is 11.9. The first-order chi connectivity index (χ1) is 23.2. The first kappa shape index (κ1) is 44.4. The number of carboxylic acids is 1. The molecule has 2 fully saturated rings. The van der Waals surface area contributed by atoms with Gasteiger partial charge in [0.05, 0.1) is 47.5 Å². The minimum Gasteiger partial charge on any atom is -0.550 e. The maximum atomic E-state index is 12.8. The van der Waals surface area contributed by atoms with Gasteiger partial charge >= 0.3 is 0 Å². The molecule has 50 heavy (non-hydrogen) atoms. The molecule has 2 rings (SSSR count). The van der Waals surface area contributed by atoms with Gasteiger partial charge in [-0.25, -0.2) is 0 Å². The first-order valence-corrected chi connectivity index (χ1v) is 19.4. The Morgan fingerprint density at radius 3 is 2.10 bits per heavy atom. The summed E-state index contributed by atoms with van der Waals surface area (Å²) in [5.74, 6) is -1.17. The molecular weight excluding hydrogens is 636 g/mol. The molecule has 14 atom stereocenters. The van der Waals surface area contributed by atoms with Gasteiger partial charge in [-0.15, -0.1) is 0 Å². The van der Waals surface area contributed by atoms with Crippen LogP contribution >= 0.6 is 0 Å². The van der Waals surface area contributed by atoms with Crippen LogP contribution in [0, 0.1) is 41.4 Å². The number of carboxylic acid groups (broad SMARTS) is 1. The molecule has 0 aromatic carbocycles. The molecule has 0 saturated carbocycles. The minimum atomic E-state index is -1.03. The van der Waals surface area contributed by atoms with Crippen LogP contribution in [-0.4, -0.2) is 73.9 Å². The lowest BCUT2D eigenvalue weighted by Gasteiger charge is -2.35. The zero-order valence-corrected chi connectivity index (χ0v) is 32.8. The predicted molar refractivity (Wildman–Crippen MR) is 195 cm³/mol. The number of carbonyl (C=O) groups excluding carboxylic acids is 2. The van der Waals surface area contributed by atoms with Crippen LogP contribution in [0.15, 0.2) is 24.0 Å². The number of hydrogen-bond acceptors (Lipinski definition) is 9. The zero-order chi connectivity index (χ0) is 38.0. The van der Waals surface area contributed by atoms with Gasteiger partial charge in [0.15, 0.2) is 5.78 Å². The fourth-order valence-corrected chi connectivity index (χ4v) is 8.01. The van der Waals surface area contributed by atoms with Crippen LogP contribution in [0.4, 0.5) is 0 Å². The Morgan fingerprint density at radius 1 is 0.860 bits per heavy atom. The van der Waals surface area contributed by atoms with Gasteiger partial charge in [0, 0.05) is 35.7 Å². The van der Waals surface area contributed by atoms with Crippen molar-refractivity contribution in [2.75, 3.05) is 0 Å². The second-order valence-corrected chi connectivity index (χ2v) is 17.1. The molecule has 2 aliphatic rings. The summed E-state index contributed by atoms with van der Waals surface area (Å²) in [7, 11) is 0. The molecule has 0 unspecified atom stereocenters. The molecule has 0 aliphatic carbocycles. The SMILES string of the molecule is C[C@H](CCC(=O)[O-])C[C@H](C)C[C@H](C)C(=O)/C=C(\O)[C@H](C)C[C@H](C)C/C=C/[C@@H](C)[C@@H](O)[C@@H](C)[C@@H](O)C[C@@H]1CC[C@@](C)([C@H]2CC[C@@](C)([C@@H](C)O)O2)O1. The van der Waals surface area contributed by atoms with Crippen LogP contribution in [0.2, 0.25) is 0 Å². The number of ketones is 1. The number of carbonyl (C=O) groups is 2. The molecule has 2 heterocycles. The summed E-state index contributed by atoms with van der Waals surface area (Å²) < 4.78 is 12.7. The monoisotopic (exact) mass is 708 g/mol. The Kier molecular flexibility index (Phi) is 17.7. The molecule has 9 nitrogen and oxygen atoms in total. The van der Waals surface area contributed by atoms with E-state index in [-0.39, 0.29) is 71.6 Å². The number of aliphatic hydroxyl groups is 4. The van der Waals surface area contributed by atoms with E-state index in [4.69, 9.17) is 9.47 Å². The molecule has 0 aromatic heterocycles.